The highest BCUT2D eigenvalue weighted by Gasteiger charge is 2.02. The molecular formula is C12H10FN3O. The summed E-state index contributed by atoms with van der Waals surface area (Å²) in [5, 5.41) is 4.88. The minimum Gasteiger partial charge on any atom is -0.350 e. The van der Waals surface area contributed by atoms with Crippen LogP contribution in [0.2, 0.25) is 0 Å². The van der Waals surface area contributed by atoms with Crippen LogP contribution in [0.3, 0.4) is 0 Å². The minimum absolute atomic E-state index is 0.291. The molecule has 0 heterocycles. The van der Waals surface area contributed by atoms with E-state index < -0.39 is 6.03 Å². The zero-order valence-corrected chi connectivity index (χ0v) is 8.85. The van der Waals surface area contributed by atoms with Crippen molar-refractivity contribution in [1.29, 1.82) is 0 Å². The van der Waals surface area contributed by atoms with Crippen molar-refractivity contribution in [2.75, 3.05) is 0 Å². The third-order valence-electron chi connectivity index (χ3n) is 2.28. The molecule has 0 bridgehead atoms. The average Bonchev–Trinajstić information content (AvgIpc) is 2.30. The zero-order valence-electron chi connectivity index (χ0n) is 8.85. The second-order valence-electron chi connectivity index (χ2n) is 3.42. The molecule has 0 unspecified atom stereocenters. The van der Waals surface area contributed by atoms with Crippen molar-refractivity contribution < 1.29 is 9.18 Å². The quantitative estimate of drug-likeness (QED) is 0.602. The van der Waals surface area contributed by atoms with Crippen molar-refractivity contribution in [2.45, 2.75) is 0 Å². The number of primary amides is 1. The van der Waals surface area contributed by atoms with Crippen molar-refractivity contribution in [3.8, 4) is 0 Å². The number of hydrogen-bond acceptors (Lipinski definition) is 2. The summed E-state index contributed by atoms with van der Waals surface area (Å²) in [5.74, 6) is -0.291. The van der Waals surface area contributed by atoms with Gasteiger partial charge in [0.2, 0.25) is 0 Å². The number of nitrogens with one attached hydrogen (secondary N) is 1. The molecule has 0 aliphatic rings. The van der Waals surface area contributed by atoms with Crippen LogP contribution in [0, 0.1) is 5.82 Å². The Morgan fingerprint density at radius 3 is 2.71 bits per heavy atom. The molecule has 0 spiro atoms. The van der Waals surface area contributed by atoms with E-state index in [9.17, 15) is 9.18 Å². The monoisotopic (exact) mass is 231 g/mol. The van der Waals surface area contributed by atoms with Crippen LogP contribution in [-0.2, 0) is 0 Å². The number of rotatable bonds is 2. The molecule has 0 aliphatic carbocycles. The molecule has 0 saturated carbocycles. The summed E-state index contributed by atoms with van der Waals surface area (Å²) < 4.78 is 13.5. The summed E-state index contributed by atoms with van der Waals surface area (Å²) in [6.45, 7) is 0. The molecule has 0 saturated heterocycles. The van der Waals surface area contributed by atoms with Gasteiger partial charge in [0.25, 0.3) is 0 Å². The molecule has 0 aromatic heterocycles. The standard InChI is InChI=1S/C12H10FN3O/c13-11-6-2-4-9-8(3-1-5-10(9)11)7-15-16-12(14)17/h1-7H,(H3,14,16,17). The van der Waals surface area contributed by atoms with Crippen molar-refractivity contribution in [1.82, 2.24) is 5.43 Å². The molecule has 2 aromatic carbocycles. The fourth-order valence-electron chi connectivity index (χ4n) is 1.57. The molecule has 17 heavy (non-hydrogen) atoms. The minimum atomic E-state index is -0.743. The Morgan fingerprint density at radius 1 is 1.24 bits per heavy atom. The predicted octanol–water partition coefficient (Wildman–Crippen LogP) is 1.98. The lowest BCUT2D eigenvalue weighted by atomic mass is 10.1. The number of fused-ring (bicyclic) bond motifs is 1. The number of urea groups is 1. The van der Waals surface area contributed by atoms with Gasteiger partial charge in [0.15, 0.2) is 0 Å². The molecule has 4 nitrogen and oxygen atoms in total. The smallest absolute Gasteiger partial charge is 0.332 e. The van der Waals surface area contributed by atoms with Crippen molar-refractivity contribution in [3.63, 3.8) is 0 Å². The van der Waals surface area contributed by atoms with E-state index in [0.717, 1.165) is 5.39 Å². The molecule has 2 rings (SSSR count). The van der Waals surface area contributed by atoms with Gasteiger partial charge in [0, 0.05) is 10.9 Å². The number of halogens is 1. The van der Waals surface area contributed by atoms with Crippen LogP contribution in [0.15, 0.2) is 41.5 Å². The van der Waals surface area contributed by atoms with Gasteiger partial charge in [-0.1, -0.05) is 30.3 Å². The Hall–Kier alpha value is -2.43. The number of carbonyl (C=O) groups is 1. The molecule has 86 valence electrons. The number of hydrogen-bond donors (Lipinski definition) is 2. The van der Waals surface area contributed by atoms with E-state index in [0.29, 0.717) is 10.9 Å². The van der Waals surface area contributed by atoms with E-state index >= 15 is 0 Å². The summed E-state index contributed by atoms with van der Waals surface area (Å²) in [7, 11) is 0. The van der Waals surface area contributed by atoms with Crippen molar-refractivity contribution >= 4 is 23.0 Å². The number of hydrazone groups is 1. The summed E-state index contributed by atoms with van der Waals surface area (Å²) in [6, 6.07) is 9.23. The molecule has 5 heteroatoms. The number of benzene rings is 2. The first-order chi connectivity index (χ1) is 8.18. The largest absolute Gasteiger partial charge is 0.350 e. The fraction of sp³-hybridized carbons (Fsp3) is 0. The lowest BCUT2D eigenvalue weighted by Gasteiger charge is -2.02. The zero-order chi connectivity index (χ0) is 12.3. The molecule has 2 amide bonds. The van der Waals surface area contributed by atoms with Crippen LogP contribution in [-0.4, -0.2) is 12.2 Å². The van der Waals surface area contributed by atoms with Crippen molar-refractivity contribution in [3.05, 3.63) is 47.8 Å². The number of carbonyl (C=O) groups excluding carboxylic acids is 1. The van der Waals surface area contributed by atoms with E-state index in [2.05, 4.69) is 10.5 Å². The number of nitrogens with two attached hydrogens (primary N) is 1. The Labute approximate surface area is 96.9 Å². The summed E-state index contributed by atoms with van der Waals surface area (Å²) >= 11 is 0. The van der Waals surface area contributed by atoms with Crippen LogP contribution in [0.5, 0.6) is 0 Å². The normalized spacial score (nSPS) is 10.9. The van der Waals surface area contributed by atoms with E-state index in [1.54, 1.807) is 30.3 Å². The van der Waals surface area contributed by atoms with Crippen LogP contribution in [0.25, 0.3) is 10.8 Å². The second kappa shape index (κ2) is 4.61. The molecule has 0 radical (unpaired) electrons. The molecule has 3 N–H and O–H groups in total. The molecule has 0 aliphatic heterocycles. The SMILES string of the molecule is NC(=O)NN=Cc1cccc2c(F)cccc12. The Morgan fingerprint density at radius 2 is 1.94 bits per heavy atom. The van der Waals surface area contributed by atoms with Gasteiger partial charge in [-0.25, -0.2) is 14.6 Å². The highest BCUT2D eigenvalue weighted by molar-refractivity contribution is 6.00. The second-order valence-corrected chi connectivity index (χ2v) is 3.42. The van der Waals surface area contributed by atoms with Gasteiger partial charge in [-0.15, -0.1) is 0 Å². The maximum Gasteiger partial charge on any atom is 0.332 e. The maximum absolute atomic E-state index is 13.5. The van der Waals surface area contributed by atoms with Crippen LogP contribution >= 0.6 is 0 Å². The molecule has 0 atom stereocenters. The first-order valence-electron chi connectivity index (χ1n) is 4.94. The Bertz CT molecular complexity index is 595. The third kappa shape index (κ3) is 2.39. The Kier molecular flexibility index (Phi) is 3.00. The molecule has 2 aromatic rings. The predicted molar refractivity (Wildman–Crippen MR) is 64.2 cm³/mol. The van der Waals surface area contributed by atoms with E-state index in [1.807, 2.05) is 0 Å². The van der Waals surface area contributed by atoms with Gasteiger partial charge in [-0.3, -0.25) is 0 Å². The van der Waals surface area contributed by atoms with Crippen LogP contribution in [0.4, 0.5) is 9.18 Å². The lowest BCUT2D eigenvalue weighted by Crippen LogP contribution is -2.24. The van der Waals surface area contributed by atoms with Gasteiger partial charge in [-0.05, 0) is 11.5 Å². The highest BCUT2D eigenvalue weighted by atomic mass is 19.1. The fourth-order valence-corrected chi connectivity index (χ4v) is 1.57. The maximum atomic E-state index is 13.5. The summed E-state index contributed by atoms with van der Waals surface area (Å²) in [6.07, 6.45) is 1.42. The Balaban J connectivity index is 2.44. The van der Waals surface area contributed by atoms with Crippen molar-refractivity contribution in [2.24, 2.45) is 10.8 Å². The van der Waals surface area contributed by atoms with E-state index in [1.165, 1.54) is 12.3 Å². The van der Waals surface area contributed by atoms with Gasteiger partial charge in [0.1, 0.15) is 5.82 Å². The van der Waals surface area contributed by atoms with Gasteiger partial charge in [-0.2, -0.15) is 5.10 Å². The van der Waals surface area contributed by atoms with Crippen LogP contribution in [0.1, 0.15) is 5.56 Å². The van der Waals surface area contributed by atoms with Gasteiger partial charge < -0.3 is 5.73 Å². The van der Waals surface area contributed by atoms with E-state index in [-0.39, 0.29) is 5.82 Å². The number of nitrogens with zero attached hydrogens (tertiary/aromatic N) is 1. The first-order valence-corrected chi connectivity index (χ1v) is 4.94. The lowest BCUT2D eigenvalue weighted by molar-refractivity contribution is 0.249. The number of amides is 2. The van der Waals surface area contributed by atoms with Crippen LogP contribution < -0.4 is 11.2 Å². The average molecular weight is 231 g/mol. The third-order valence-corrected chi connectivity index (χ3v) is 2.28. The van der Waals surface area contributed by atoms with E-state index in [4.69, 9.17) is 5.73 Å². The molecular weight excluding hydrogens is 221 g/mol. The summed E-state index contributed by atoms with van der Waals surface area (Å²) in [4.78, 5) is 10.4. The van der Waals surface area contributed by atoms with Gasteiger partial charge >= 0.3 is 6.03 Å². The topological polar surface area (TPSA) is 67.5 Å². The molecule has 0 fully saturated rings. The first kappa shape index (κ1) is 11.1. The summed E-state index contributed by atoms with van der Waals surface area (Å²) in [5.41, 5.74) is 7.66. The highest BCUT2D eigenvalue weighted by Crippen LogP contribution is 2.20. The van der Waals surface area contributed by atoms with Gasteiger partial charge in [0.05, 0.1) is 6.21 Å².